The number of amides is 1. The standard InChI is InChI=1S/C14H17N3O2/c1-9(2)7-17-8-11(14(19)15-3)12(18)10-5-4-6-16-13(10)17/h4-6,8-9H,7H2,1-3H3,(H,15,19). The van der Waals surface area contributed by atoms with Crippen molar-refractivity contribution in [2.24, 2.45) is 5.92 Å². The zero-order valence-corrected chi connectivity index (χ0v) is 11.3. The molecule has 2 aromatic rings. The fourth-order valence-corrected chi connectivity index (χ4v) is 2.05. The predicted molar refractivity (Wildman–Crippen MR) is 74.2 cm³/mol. The Labute approximate surface area is 111 Å². The Morgan fingerprint density at radius 3 is 2.84 bits per heavy atom. The molecule has 19 heavy (non-hydrogen) atoms. The van der Waals surface area contributed by atoms with Crippen LogP contribution < -0.4 is 10.7 Å². The number of fused-ring (bicyclic) bond motifs is 1. The van der Waals surface area contributed by atoms with Gasteiger partial charge in [0, 0.05) is 26.0 Å². The molecule has 1 amide bonds. The predicted octanol–water partition coefficient (Wildman–Crippen LogP) is 1.41. The first-order valence-electron chi connectivity index (χ1n) is 6.25. The molecule has 0 atom stereocenters. The van der Waals surface area contributed by atoms with Gasteiger partial charge in [0.25, 0.3) is 5.91 Å². The van der Waals surface area contributed by atoms with Crippen LogP contribution in [0.3, 0.4) is 0 Å². The fraction of sp³-hybridized carbons (Fsp3) is 0.357. The van der Waals surface area contributed by atoms with Crippen LogP contribution >= 0.6 is 0 Å². The van der Waals surface area contributed by atoms with Crippen LogP contribution in [0.15, 0.2) is 29.3 Å². The van der Waals surface area contributed by atoms with E-state index in [0.717, 1.165) is 0 Å². The van der Waals surface area contributed by atoms with Crippen LogP contribution in [0.25, 0.3) is 11.0 Å². The third-order valence-electron chi connectivity index (χ3n) is 2.87. The summed E-state index contributed by atoms with van der Waals surface area (Å²) in [5.41, 5.74) is 0.500. The zero-order valence-electron chi connectivity index (χ0n) is 11.3. The van der Waals surface area contributed by atoms with Gasteiger partial charge < -0.3 is 9.88 Å². The minimum absolute atomic E-state index is 0.156. The molecule has 2 rings (SSSR count). The van der Waals surface area contributed by atoms with E-state index < -0.39 is 0 Å². The van der Waals surface area contributed by atoms with Crippen molar-refractivity contribution in [1.82, 2.24) is 14.9 Å². The Hall–Kier alpha value is -2.17. The molecule has 0 unspecified atom stereocenters. The molecule has 2 aromatic heterocycles. The van der Waals surface area contributed by atoms with E-state index in [0.29, 0.717) is 23.5 Å². The Morgan fingerprint density at radius 1 is 1.47 bits per heavy atom. The lowest BCUT2D eigenvalue weighted by atomic mass is 10.1. The highest BCUT2D eigenvalue weighted by atomic mass is 16.2. The van der Waals surface area contributed by atoms with Gasteiger partial charge in [-0.2, -0.15) is 0 Å². The van der Waals surface area contributed by atoms with Crippen molar-refractivity contribution in [3.8, 4) is 0 Å². The monoisotopic (exact) mass is 259 g/mol. The first kappa shape index (κ1) is 13.3. The number of nitrogens with zero attached hydrogens (tertiary/aromatic N) is 2. The van der Waals surface area contributed by atoms with Crippen LogP contribution in [0, 0.1) is 5.92 Å². The smallest absolute Gasteiger partial charge is 0.256 e. The molecule has 0 spiro atoms. The normalized spacial score (nSPS) is 10.9. The topological polar surface area (TPSA) is 64.0 Å². The molecule has 0 fully saturated rings. The minimum atomic E-state index is -0.367. The number of hydrogen-bond acceptors (Lipinski definition) is 3. The van der Waals surface area contributed by atoms with Gasteiger partial charge in [-0.05, 0) is 18.1 Å². The van der Waals surface area contributed by atoms with E-state index in [1.165, 1.54) is 7.05 Å². The summed E-state index contributed by atoms with van der Waals surface area (Å²) in [6.45, 7) is 4.86. The average Bonchev–Trinajstić information content (AvgIpc) is 2.40. The molecule has 5 heteroatoms. The van der Waals surface area contributed by atoms with Crippen LogP contribution in [0.5, 0.6) is 0 Å². The number of pyridine rings is 2. The highest BCUT2D eigenvalue weighted by molar-refractivity contribution is 5.96. The van der Waals surface area contributed by atoms with E-state index >= 15 is 0 Å². The van der Waals surface area contributed by atoms with Crippen molar-refractivity contribution in [1.29, 1.82) is 0 Å². The number of carbonyl (C=O) groups is 1. The molecule has 0 aliphatic rings. The molecule has 0 aliphatic heterocycles. The lowest BCUT2D eigenvalue weighted by molar-refractivity contribution is 0.0961. The molecule has 0 saturated carbocycles. The van der Waals surface area contributed by atoms with Gasteiger partial charge in [-0.15, -0.1) is 0 Å². The van der Waals surface area contributed by atoms with Crippen LogP contribution in [0.2, 0.25) is 0 Å². The number of aromatic nitrogens is 2. The van der Waals surface area contributed by atoms with E-state index in [1.807, 2.05) is 4.57 Å². The Morgan fingerprint density at radius 2 is 2.21 bits per heavy atom. The third-order valence-corrected chi connectivity index (χ3v) is 2.87. The van der Waals surface area contributed by atoms with Gasteiger partial charge >= 0.3 is 0 Å². The lowest BCUT2D eigenvalue weighted by Gasteiger charge is -2.13. The van der Waals surface area contributed by atoms with E-state index in [2.05, 4.69) is 24.1 Å². The number of nitrogens with one attached hydrogen (secondary N) is 1. The molecule has 2 heterocycles. The molecule has 100 valence electrons. The summed E-state index contributed by atoms with van der Waals surface area (Å²) in [6, 6.07) is 3.41. The maximum absolute atomic E-state index is 12.3. The fourth-order valence-electron chi connectivity index (χ4n) is 2.05. The third kappa shape index (κ3) is 2.50. The first-order valence-corrected chi connectivity index (χ1v) is 6.25. The van der Waals surface area contributed by atoms with E-state index in [1.54, 1.807) is 24.5 Å². The van der Waals surface area contributed by atoms with Gasteiger partial charge in [0.15, 0.2) is 0 Å². The summed E-state index contributed by atoms with van der Waals surface area (Å²) in [4.78, 5) is 28.3. The first-order chi connectivity index (χ1) is 9.04. The largest absolute Gasteiger partial charge is 0.355 e. The summed E-state index contributed by atoms with van der Waals surface area (Å²) in [7, 11) is 1.52. The van der Waals surface area contributed by atoms with Gasteiger partial charge in [-0.25, -0.2) is 4.98 Å². The Kier molecular flexibility index (Phi) is 3.64. The molecule has 0 aliphatic carbocycles. The zero-order chi connectivity index (χ0) is 14.0. The summed E-state index contributed by atoms with van der Waals surface area (Å²) in [6.07, 6.45) is 3.24. The number of hydrogen-bond donors (Lipinski definition) is 1. The van der Waals surface area contributed by atoms with E-state index in [4.69, 9.17) is 0 Å². The van der Waals surface area contributed by atoms with Crippen molar-refractivity contribution in [2.75, 3.05) is 7.05 Å². The highest BCUT2D eigenvalue weighted by Gasteiger charge is 2.15. The maximum atomic E-state index is 12.3. The Bertz CT molecular complexity index is 674. The second-order valence-corrected chi connectivity index (χ2v) is 4.87. The SMILES string of the molecule is CNC(=O)c1cn(CC(C)C)c2ncccc2c1=O. The second-order valence-electron chi connectivity index (χ2n) is 4.87. The van der Waals surface area contributed by atoms with Gasteiger partial charge in [-0.3, -0.25) is 9.59 Å². The lowest BCUT2D eigenvalue weighted by Crippen LogP contribution is -2.27. The molecular weight excluding hydrogens is 242 g/mol. The molecule has 5 nitrogen and oxygen atoms in total. The van der Waals surface area contributed by atoms with Crippen molar-refractivity contribution in [2.45, 2.75) is 20.4 Å². The second kappa shape index (κ2) is 5.22. The molecule has 0 aromatic carbocycles. The molecule has 0 bridgehead atoms. The highest BCUT2D eigenvalue weighted by Crippen LogP contribution is 2.11. The van der Waals surface area contributed by atoms with Crippen LogP contribution in [-0.2, 0) is 6.54 Å². The van der Waals surface area contributed by atoms with Crippen LogP contribution in [-0.4, -0.2) is 22.5 Å². The molecular formula is C14H17N3O2. The Balaban J connectivity index is 2.76. The number of rotatable bonds is 3. The molecule has 0 saturated heterocycles. The van der Waals surface area contributed by atoms with Gasteiger partial charge in [0.05, 0.1) is 5.39 Å². The van der Waals surface area contributed by atoms with E-state index in [-0.39, 0.29) is 16.9 Å². The summed E-state index contributed by atoms with van der Waals surface area (Å²) in [5.74, 6) is 0.0264. The molecule has 0 radical (unpaired) electrons. The number of carbonyl (C=O) groups excluding carboxylic acids is 1. The van der Waals surface area contributed by atoms with Gasteiger partial charge in [0.1, 0.15) is 11.2 Å². The summed E-state index contributed by atoms with van der Waals surface area (Å²) in [5, 5.41) is 2.97. The van der Waals surface area contributed by atoms with Crippen molar-refractivity contribution in [3.05, 3.63) is 40.3 Å². The van der Waals surface area contributed by atoms with Crippen LogP contribution in [0.1, 0.15) is 24.2 Å². The average molecular weight is 259 g/mol. The van der Waals surface area contributed by atoms with Crippen molar-refractivity contribution < 1.29 is 4.79 Å². The van der Waals surface area contributed by atoms with Crippen LogP contribution in [0.4, 0.5) is 0 Å². The summed E-state index contributed by atoms with van der Waals surface area (Å²) < 4.78 is 1.87. The quantitative estimate of drug-likeness (QED) is 0.906. The van der Waals surface area contributed by atoms with Crippen molar-refractivity contribution >= 4 is 16.9 Å². The summed E-state index contributed by atoms with van der Waals surface area (Å²) >= 11 is 0. The van der Waals surface area contributed by atoms with Gasteiger partial charge in [-0.1, -0.05) is 13.8 Å². The van der Waals surface area contributed by atoms with Gasteiger partial charge in [0.2, 0.25) is 5.43 Å². The maximum Gasteiger partial charge on any atom is 0.256 e. The van der Waals surface area contributed by atoms with Crippen molar-refractivity contribution in [3.63, 3.8) is 0 Å². The van der Waals surface area contributed by atoms with E-state index in [9.17, 15) is 9.59 Å². The molecule has 1 N–H and O–H groups in total. The minimum Gasteiger partial charge on any atom is -0.355 e.